The first kappa shape index (κ1) is 39.1. The van der Waals surface area contributed by atoms with E-state index in [1.54, 1.807) is 16.9 Å². The molecule has 2 fully saturated rings. The number of amides is 3. The van der Waals surface area contributed by atoms with Gasteiger partial charge in [-0.3, -0.25) is 14.4 Å². The summed E-state index contributed by atoms with van der Waals surface area (Å²) in [6, 6.07) is 29.4. The van der Waals surface area contributed by atoms with Crippen LogP contribution >= 0.6 is 15.9 Å². The fraction of sp³-hybridized carbons (Fsp3) is 0.356. The maximum Gasteiger partial charge on any atom is 0.264 e. The number of aromatic nitrogens is 1. The average Bonchev–Trinajstić information content (AvgIpc) is 3.97. The Bertz CT molecular complexity index is 2330. The molecule has 12 heteroatoms. The van der Waals surface area contributed by atoms with Gasteiger partial charge in [0.05, 0.1) is 59.0 Å². The first-order valence-corrected chi connectivity index (χ1v) is 23.6. The molecule has 4 heterocycles. The van der Waals surface area contributed by atoms with Crippen LogP contribution in [0.25, 0.3) is 10.9 Å². The SMILES string of the molecule is COc1ccc([Si](C)(C)[C@@H]2[C@@H](CC(=O)N3CCC[C@H]3CO)O[C@]3(C(=O)N(Cc4cccc(NC(=O)Cc5c[nH]c6ccccc56)c4)c4ccc(Br)cc43)[C@H]2C)cc1. The molecule has 5 atom stereocenters. The lowest BCUT2D eigenvalue weighted by molar-refractivity contribution is -0.150. The van der Waals surface area contributed by atoms with E-state index in [9.17, 15) is 14.7 Å². The first-order valence-electron chi connectivity index (χ1n) is 19.7. The van der Waals surface area contributed by atoms with Crippen molar-refractivity contribution in [1.29, 1.82) is 0 Å². The molecule has 10 nitrogen and oxygen atoms in total. The maximum absolute atomic E-state index is 15.3. The zero-order chi connectivity index (χ0) is 40.1. The van der Waals surface area contributed by atoms with Crippen molar-refractivity contribution in [3.63, 3.8) is 0 Å². The van der Waals surface area contributed by atoms with E-state index in [0.29, 0.717) is 12.2 Å². The minimum absolute atomic E-state index is 0.0503. The lowest BCUT2D eigenvalue weighted by Crippen LogP contribution is -2.52. The Morgan fingerprint density at radius 2 is 1.84 bits per heavy atom. The zero-order valence-corrected chi connectivity index (χ0v) is 35.3. The normalized spacial score (nSPS) is 23.1. The van der Waals surface area contributed by atoms with Crippen molar-refractivity contribution in [1.82, 2.24) is 9.88 Å². The van der Waals surface area contributed by atoms with E-state index in [2.05, 4.69) is 58.4 Å². The predicted molar refractivity (Wildman–Crippen MR) is 228 cm³/mol. The Kier molecular flexibility index (Phi) is 10.7. The number of aromatic amines is 1. The highest BCUT2D eigenvalue weighted by Crippen LogP contribution is 2.60. The standard InChI is InChI=1S/C45H49BrN4O6Si/c1-28-43(57(3,4)35-17-15-34(55-2)16-18-35)40(24-42(53)49-20-8-11-33(49)27-51)56-45(28)37-23-31(46)14-19-39(37)50(44(45)54)26-29-9-7-10-32(21-29)48-41(52)22-30-25-47-38-13-6-5-12-36(30)38/h5-7,9-10,12-19,21,23,25,28,33,40,43,47,51H,8,11,20,22,24,26-27H2,1-4H3,(H,48,52)/t28-,33-,40+,43-,45+/m0/s1. The minimum atomic E-state index is -2.48. The summed E-state index contributed by atoms with van der Waals surface area (Å²) in [6.45, 7) is 7.52. The van der Waals surface area contributed by atoms with Gasteiger partial charge in [0, 0.05) is 45.3 Å². The van der Waals surface area contributed by atoms with Crippen LogP contribution in [0.1, 0.15) is 42.9 Å². The van der Waals surface area contributed by atoms with Crippen LogP contribution < -0.4 is 20.1 Å². The minimum Gasteiger partial charge on any atom is -0.497 e. The first-order chi connectivity index (χ1) is 27.4. The number of ether oxygens (including phenoxy) is 2. The number of nitrogens with zero attached hydrogens (tertiary/aromatic N) is 2. The molecule has 3 N–H and O–H groups in total. The summed E-state index contributed by atoms with van der Waals surface area (Å²) in [4.78, 5) is 49.5. The quantitative estimate of drug-likeness (QED) is 0.120. The molecule has 0 radical (unpaired) electrons. The third-order valence-corrected chi connectivity index (χ3v) is 17.5. The van der Waals surface area contributed by atoms with Gasteiger partial charge in [-0.05, 0) is 78.0 Å². The molecule has 1 aromatic heterocycles. The van der Waals surface area contributed by atoms with E-state index >= 15 is 4.79 Å². The van der Waals surface area contributed by atoms with Gasteiger partial charge in [-0.1, -0.05) is 83.6 Å². The Labute approximate surface area is 342 Å². The number of anilines is 2. The number of fused-ring (bicyclic) bond motifs is 3. The fourth-order valence-electron chi connectivity index (χ4n) is 9.87. The third kappa shape index (κ3) is 7.00. The van der Waals surface area contributed by atoms with Crippen molar-refractivity contribution in [2.75, 3.05) is 30.5 Å². The van der Waals surface area contributed by atoms with Crippen molar-refractivity contribution in [2.24, 2.45) is 5.92 Å². The molecule has 3 aliphatic rings. The highest BCUT2D eigenvalue weighted by Gasteiger charge is 2.66. The molecular weight excluding hydrogens is 801 g/mol. The topological polar surface area (TPSA) is 124 Å². The highest BCUT2D eigenvalue weighted by molar-refractivity contribution is 9.10. The van der Waals surface area contributed by atoms with Gasteiger partial charge in [0.1, 0.15) is 5.75 Å². The Morgan fingerprint density at radius 3 is 2.61 bits per heavy atom. The number of halogens is 1. The molecule has 4 aromatic carbocycles. The molecule has 0 bridgehead atoms. The molecule has 8 rings (SSSR count). The van der Waals surface area contributed by atoms with Gasteiger partial charge in [-0.15, -0.1) is 0 Å². The van der Waals surface area contributed by atoms with Gasteiger partial charge in [0.25, 0.3) is 5.91 Å². The van der Waals surface area contributed by atoms with Gasteiger partial charge in [-0.2, -0.15) is 0 Å². The highest BCUT2D eigenvalue weighted by atomic mass is 79.9. The summed E-state index contributed by atoms with van der Waals surface area (Å²) in [5.74, 6) is 0.138. The summed E-state index contributed by atoms with van der Waals surface area (Å²) >= 11 is 3.69. The van der Waals surface area contributed by atoms with Gasteiger partial charge in [0.15, 0.2) is 5.60 Å². The molecule has 5 aromatic rings. The number of benzene rings is 4. The van der Waals surface area contributed by atoms with Crippen molar-refractivity contribution < 1.29 is 29.0 Å². The van der Waals surface area contributed by atoms with E-state index in [1.165, 1.54) is 5.19 Å². The Morgan fingerprint density at radius 1 is 1.05 bits per heavy atom. The number of carbonyl (C=O) groups excluding carboxylic acids is 3. The summed E-state index contributed by atoms with van der Waals surface area (Å²) < 4.78 is 13.5. The fourth-order valence-corrected chi connectivity index (χ4v) is 14.2. The van der Waals surface area contributed by atoms with E-state index in [0.717, 1.165) is 56.3 Å². The Hall–Kier alpha value is -4.75. The largest absolute Gasteiger partial charge is 0.497 e. The van der Waals surface area contributed by atoms with Crippen LogP contribution in [0.2, 0.25) is 18.6 Å². The number of para-hydroxylation sites is 1. The van der Waals surface area contributed by atoms with Crippen molar-refractivity contribution in [3.05, 3.63) is 118 Å². The average molecular weight is 850 g/mol. The molecule has 0 aliphatic carbocycles. The van der Waals surface area contributed by atoms with Crippen LogP contribution in [-0.2, 0) is 37.7 Å². The molecule has 296 valence electrons. The summed E-state index contributed by atoms with van der Waals surface area (Å²) in [6.07, 6.45) is 3.30. The summed E-state index contributed by atoms with van der Waals surface area (Å²) in [5.41, 5.74) is 3.50. The van der Waals surface area contributed by atoms with Crippen LogP contribution in [0.15, 0.2) is 102 Å². The second-order valence-corrected chi connectivity index (χ2v) is 21.9. The predicted octanol–water partition coefficient (Wildman–Crippen LogP) is 7.26. The maximum atomic E-state index is 15.3. The number of aliphatic hydroxyl groups excluding tert-OH is 1. The smallest absolute Gasteiger partial charge is 0.264 e. The molecule has 0 saturated carbocycles. The molecule has 57 heavy (non-hydrogen) atoms. The number of carbonyl (C=O) groups is 3. The van der Waals surface area contributed by atoms with Crippen LogP contribution in [0.3, 0.4) is 0 Å². The zero-order valence-electron chi connectivity index (χ0n) is 32.8. The molecule has 0 unspecified atom stereocenters. The van der Waals surface area contributed by atoms with Gasteiger partial charge >= 0.3 is 0 Å². The summed E-state index contributed by atoms with van der Waals surface area (Å²) in [7, 11) is -0.829. The lowest BCUT2D eigenvalue weighted by Gasteiger charge is -2.37. The second kappa shape index (κ2) is 15.5. The van der Waals surface area contributed by atoms with Gasteiger partial charge < -0.3 is 34.7 Å². The Balaban J connectivity index is 1.11. The van der Waals surface area contributed by atoms with E-state index in [1.807, 2.05) is 85.1 Å². The molecule has 1 spiro atoms. The van der Waals surface area contributed by atoms with Gasteiger partial charge in [0.2, 0.25) is 11.8 Å². The van der Waals surface area contributed by atoms with Crippen molar-refractivity contribution in [2.45, 2.75) is 75.5 Å². The summed E-state index contributed by atoms with van der Waals surface area (Å²) in [5, 5.41) is 15.4. The number of rotatable bonds is 11. The van der Waals surface area contributed by atoms with E-state index in [4.69, 9.17) is 9.47 Å². The molecular formula is C45H49BrN4O6Si. The van der Waals surface area contributed by atoms with Crippen LogP contribution in [-0.4, -0.2) is 73.2 Å². The van der Waals surface area contributed by atoms with E-state index in [-0.39, 0.29) is 61.2 Å². The van der Waals surface area contributed by atoms with Crippen molar-refractivity contribution >= 4 is 69.2 Å². The van der Waals surface area contributed by atoms with Crippen LogP contribution in [0, 0.1) is 5.92 Å². The molecule has 2 saturated heterocycles. The van der Waals surface area contributed by atoms with Gasteiger partial charge in [-0.25, -0.2) is 0 Å². The number of hydrogen-bond donors (Lipinski definition) is 3. The van der Waals surface area contributed by atoms with Crippen molar-refractivity contribution in [3.8, 4) is 5.75 Å². The second-order valence-electron chi connectivity index (χ2n) is 16.3. The number of aliphatic hydroxyl groups is 1. The number of methoxy groups -OCH3 is 1. The number of nitrogens with one attached hydrogen (secondary N) is 2. The van der Waals surface area contributed by atoms with E-state index < -0.39 is 19.8 Å². The molecule has 3 amide bonds. The van der Waals surface area contributed by atoms with Crippen LogP contribution in [0.4, 0.5) is 11.4 Å². The number of hydrogen-bond acceptors (Lipinski definition) is 6. The monoisotopic (exact) mass is 848 g/mol. The van der Waals surface area contributed by atoms with Crippen LogP contribution in [0.5, 0.6) is 5.75 Å². The third-order valence-electron chi connectivity index (χ3n) is 12.7. The lowest BCUT2D eigenvalue weighted by atomic mass is 9.82. The number of likely N-dealkylation sites (tertiary alicyclic amines) is 1. The molecule has 3 aliphatic heterocycles. The number of H-pyrrole nitrogens is 1.